The van der Waals surface area contributed by atoms with Crippen molar-refractivity contribution in [3.63, 3.8) is 0 Å². The Morgan fingerprint density at radius 2 is 2.15 bits per heavy atom. The number of hydrogen-bond acceptors (Lipinski definition) is 5. The van der Waals surface area contributed by atoms with E-state index in [-0.39, 0.29) is 23.9 Å². The Hall–Kier alpha value is -1.57. The Bertz CT molecular complexity index is 859. The molecule has 2 heterocycles. The summed E-state index contributed by atoms with van der Waals surface area (Å²) in [5, 5.41) is 19.1. The lowest BCUT2D eigenvalue weighted by Crippen LogP contribution is -2.41. The average molecular weight is 390 g/mol. The molecule has 146 valence electrons. The van der Waals surface area contributed by atoms with Crippen LogP contribution in [0.4, 0.5) is 0 Å². The van der Waals surface area contributed by atoms with Gasteiger partial charge in [-0.05, 0) is 49.0 Å². The normalized spacial score (nSPS) is 25.0. The summed E-state index contributed by atoms with van der Waals surface area (Å²) in [6.45, 7) is 4.05. The van der Waals surface area contributed by atoms with Crippen molar-refractivity contribution in [3.05, 3.63) is 46.5 Å². The van der Waals surface area contributed by atoms with Crippen LogP contribution in [0.3, 0.4) is 0 Å². The standard InChI is InChI=1S/C20H27BO5S/c1-3-14(10-15-6-5-7-17(22)11-15)8-9-18-20-16(4-2)13-27(24,25)19(20)12-21(23)26-18/h5-7,10-11,18-19,22-23H,3-4,8-9,12-13H2,1-2H3/b14-10+/t18-,19+/m1/s1. The molecule has 0 aromatic heterocycles. The summed E-state index contributed by atoms with van der Waals surface area (Å²) in [6, 6.07) is 7.10. The summed E-state index contributed by atoms with van der Waals surface area (Å²) in [5.41, 5.74) is 3.97. The number of phenolic OH excluding ortho intramolecular Hbond substituents is 1. The van der Waals surface area contributed by atoms with Crippen LogP contribution in [0.1, 0.15) is 45.1 Å². The van der Waals surface area contributed by atoms with Crippen molar-refractivity contribution < 1.29 is 23.2 Å². The monoisotopic (exact) mass is 390 g/mol. The molecule has 0 unspecified atom stereocenters. The molecule has 1 fully saturated rings. The first kappa shape index (κ1) is 20.2. The van der Waals surface area contributed by atoms with E-state index in [4.69, 9.17) is 4.65 Å². The molecule has 3 rings (SSSR count). The summed E-state index contributed by atoms with van der Waals surface area (Å²) in [7, 11) is -4.26. The molecule has 2 aliphatic heterocycles. The van der Waals surface area contributed by atoms with Crippen LogP contribution in [0.25, 0.3) is 6.08 Å². The van der Waals surface area contributed by atoms with Crippen LogP contribution < -0.4 is 0 Å². The van der Waals surface area contributed by atoms with Crippen molar-refractivity contribution in [1.82, 2.24) is 0 Å². The Kier molecular flexibility index (Phi) is 6.13. The molecule has 2 aliphatic rings. The van der Waals surface area contributed by atoms with Crippen molar-refractivity contribution in [2.75, 3.05) is 5.75 Å². The molecule has 5 nitrogen and oxygen atoms in total. The Balaban J connectivity index is 1.79. The molecule has 0 radical (unpaired) electrons. The second-order valence-electron chi connectivity index (χ2n) is 7.31. The smallest absolute Gasteiger partial charge is 0.456 e. The van der Waals surface area contributed by atoms with Gasteiger partial charge in [-0.3, -0.25) is 0 Å². The maximum atomic E-state index is 12.5. The number of sulfone groups is 1. The third-order valence-corrected chi connectivity index (χ3v) is 7.56. The van der Waals surface area contributed by atoms with Crippen LogP contribution in [0.2, 0.25) is 6.32 Å². The molecule has 0 amide bonds. The zero-order chi connectivity index (χ0) is 19.6. The number of allylic oxidation sites excluding steroid dienone is 1. The van der Waals surface area contributed by atoms with E-state index in [2.05, 4.69) is 13.0 Å². The molecule has 1 aromatic rings. The van der Waals surface area contributed by atoms with Crippen LogP contribution in [0.5, 0.6) is 5.75 Å². The topological polar surface area (TPSA) is 83.8 Å². The fourth-order valence-electron chi connectivity index (χ4n) is 4.11. The minimum Gasteiger partial charge on any atom is -0.508 e. The summed E-state index contributed by atoms with van der Waals surface area (Å²) in [6.07, 6.45) is 4.77. The van der Waals surface area contributed by atoms with Gasteiger partial charge in [0, 0.05) is 6.32 Å². The van der Waals surface area contributed by atoms with E-state index in [0.717, 1.165) is 29.6 Å². The maximum absolute atomic E-state index is 12.5. The Morgan fingerprint density at radius 1 is 1.37 bits per heavy atom. The molecular weight excluding hydrogens is 363 g/mol. The number of aromatic hydroxyl groups is 1. The first-order valence-corrected chi connectivity index (χ1v) is 11.3. The van der Waals surface area contributed by atoms with E-state index in [9.17, 15) is 18.5 Å². The number of rotatable bonds is 6. The third kappa shape index (κ3) is 4.47. The fourth-order valence-corrected chi connectivity index (χ4v) is 6.33. The zero-order valence-electron chi connectivity index (χ0n) is 15.9. The summed E-state index contributed by atoms with van der Waals surface area (Å²) in [5.74, 6) is 0.324. The third-order valence-electron chi connectivity index (χ3n) is 5.50. The zero-order valence-corrected chi connectivity index (χ0v) is 16.7. The van der Waals surface area contributed by atoms with Crippen molar-refractivity contribution >= 4 is 23.0 Å². The fraction of sp³-hybridized carbons (Fsp3) is 0.500. The molecule has 1 aromatic carbocycles. The van der Waals surface area contributed by atoms with Crippen LogP contribution in [0.15, 0.2) is 41.0 Å². The number of fused-ring (bicyclic) bond motifs is 1. The lowest BCUT2D eigenvalue weighted by atomic mass is 9.74. The van der Waals surface area contributed by atoms with Gasteiger partial charge in [0.15, 0.2) is 9.84 Å². The van der Waals surface area contributed by atoms with Gasteiger partial charge in [0.25, 0.3) is 0 Å². The molecule has 0 bridgehead atoms. The number of benzene rings is 1. The minimum atomic E-state index is -3.23. The quantitative estimate of drug-likeness (QED) is 0.575. The highest BCUT2D eigenvalue weighted by atomic mass is 32.2. The number of hydrogen-bond donors (Lipinski definition) is 2. The molecule has 0 aliphatic carbocycles. The van der Waals surface area contributed by atoms with Gasteiger partial charge in [-0.1, -0.05) is 43.2 Å². The van der Waals surface area contributed by atoms with Crippen molar-refractivity contribution in [2.24, 2.45) is 0 Å². The largest absolute Gasteiger partial charge is 0.508 e. The number of phenols is 1. The van der Waals surface area contributed by atoms with Crippen molar-refractivity contribution in [1.29, 1.82) is 0 Å². The van der Waals surface area contributed by atoms with Gasteiger partial charge >= 0.3 is 7.12 Å². The Labute approximate surface area is 161 Å². The van der Waals surface area contributed by atoms with E-state index in [1.807, 2.05) is 13.0 Å². The first-order valence-electron chi connectivity index (χ1n) is 9.59. The first-order chi connectivity index (χ1) is 12.8. The van der Waals surface area contributed by atoms with Gasteiger partial charge in [0.2, 0.25) is 0 Å². The predicted molar refractivity (Wildman–Crippen MR) is 108 cm³/mol. The highest BCUT2D eigenvalue weighted by molar-refractivity contribution is 7.92. The van der Waals surface area contributed by atoms with Gasteiger partial charge in [-0.2, -0.15) is 0 Å². The molecule has 2 atom stereocenters. The van der Waals surface area contributed by atoms with Crippen LogP contribution in [0, 0.1) is 0 Å². The van der Waals surface area contributed by atoms with Gasteiger partial charge < -0.3 is 14.8 Å². The maximum Gasteiger partial charge on any atom is 0.456 e. The molecule has 7 heteroatoms. The second kappa shape index (κ2) is 8.21. The van der Waals surface area contributed by atoms with Crippen LogP contribution in [-0.2, 0) is 14.5 Å². The van der Waals surface area contributed by atoms with Crippen LogP contribution in [-0.4, -0.2) is 42.8 Å². The molecule has 27 heavy (non-hydrogen) atoms. The minimum absolute atomic E-state index is 0.0931. The highest BCUT2D eigenvalue weighted by Crippen LogP contribution is 2.40. The van der Waals surface area contributed by atoms with E-state index >= 15 is 0 Å². The summed E-state index contributed by atoms with van der Waals surface area (Å²) >= 11 is 0. The van der Waals surface area contributed by atoms with Crippen molar-refractivity contribution in [2.45, 2.75) is 57.2 Å². The van der Waals surface area contributed by atoms with Gasteiger partial charge in [0.1, 0.15) is 5.75 Å². The lowest BCUT2D eigenvalue weighted by molar-refractivity contribution is 0.169. The van der Waals surface area contributed by atoms with Crippen LogP contribution >= 0.6 is 0 Å². The van der Waals surface area contributed by atoms with Gasteiger partial charge in [-0.25, -0.2) is 8.42 Å². The lowest BCUT2D eigenvalue weighted by Gasteiger charge is -2.32. The average Bonchev–Trinajstić information content (AvgIpc) is 2.89. The Morgan fingerprint density at radius 3 is 2.81 bits per heavy atom. The molecule has 0 spiro atoms. The summed E-state index contributed by atoms with van der Waals surface area (Å²) in [4.78, 5) is 0. The molecule has 2 N–H and O–H groups in total. The molecule has 0 saturated carbocycles. The highest BCUT2D eigenvalue weighted by Gasteiger charge is 2.47. The van der Waals surface area contributed by atoms with E-state index < -0.39 is 22.2 Å². The second-order valence-corrected chi connectivity index (χ2v) is 9.50. The molecule has 1 saturated heterocycles. The van der Waals surface area contributed by atoms with E-state index in [1.54, 1.807) is 18.2 Å². The predicted octanol–water partition coefficient (Wildman–Crippen LogP) is 3.35. The molecular formula is C20H27BO5S. The van der Waals surface area contributed by atoms with E-state index in [0.29, 0.717) is 12.8 Å². The van der Waals surface area contributed by atoms with Gasteiger partial charge in [-0.15, -0.1) is 0 Å². The SMILES string of the molecule is CCC1=C2[C@@H](CC/C(=C/c3cccc(O)c3)CC)OB(O)C[C@@H]2S(=O)(=O)C1. The van der Waals surface area contributed by atoms with Crippen molar-refractivity contribution in [3.8, 4) is 5.75 Å². The summed E-state index contributed by atoms with van der Waals surface area (Å²) < 4.78 is 30.7. The van der Waals surface area contributed by atoms with E-state index in [1.165, 1.54) is 5.57 Å². The van der Waals surface area contributed by atoms with Gasteiger partial charge in [0.05, 0.1) is 17.1 Å².